The SMILES string of the molecule is CCOC(=O)C(C)(C)n1cc(NC(=O)C(N)C2CCOCC2)cn1.Cl. The molecule has 0 aromatic carbocycles. The van der Waals surface area contributed by atoms with Crippen LogP contribution in [0.1, 0.15) is 33.6 Å². The molecule has 1 aliphatic heterocycles. The van der Waals surface area contributed by atoms with Gasteiger partial charge in [-0.25, -0.2) is 4.79 Å². The van der Waals surface area contributed by atoms with Crippen molar-refractivity contribution in [3.63, 3.8) is 0 Å². The Balaban J connectivity index is 0.00000312. The molecule has 3 N–H and O–H groups in total. The van der Waals surface area contributed by atoms with Gasteiger partial charge < -0.3 is 20.5 Å². The minimum absolute atomic E-state index is 0. The van der Waals surface area contributed by atoms with Gasteiger partial charge in [-0.2, -0.15) is 5.10 Å². The Morgan fingerprint density at radius 2 is 2.12 bits per heavy atom. The maximum absolute atomic E-state index is 12.3. The first kappa shape index (κ1) is 21.4. The predicted octanol–water partition coefficient (Wildman–Crippen LogP) is 1.30. The first-order valence-corrected chi connectivity index (χ1v) is 8.22. The third-order valence-electron chi connectivity index (χ3n) is 4.27. The molecular weight excluding hydrogens is 348 g/mol. The first-order chi connectivity index (χ1) is 11.4. The van der Waals surface area contributed by atoms with Crippen molar-refractivity contribution in [3.05, 3.63) is 12.4 Å². The van der Waals surface area contributed by atoms with Gasteiger partial charge in [-0.15, -0.1) is 12.4 Å². The van der Waals surface area contributed by atoms with E-state index in [-0.39, 0.29) is 30.2 Å². The van der Waals surface area contributed by atoms with Gasteiger partial charge in [-0.1, -0.05) is 0 Å². The van der Waals surface area contributed by atoms with Crippen LogP contribution in [0.25, 0.3) is 0 Å². The Morgan fingerprint density at radius 3 is 2.72 bits per heavy atom. The number of esters is 1. The van der Waals surface area contributed by atoms with Crippen LogP contribution in [-0.4, -0.2) is 47.5 Å². The predicted molar refractivity (Wildman–Crippen MR) is 95.6 cm³/mol. The van der Waals surface area contributed by atoms with Crippen molar-refractivity contribution in [2.75, 3.05) is 25.1 Å². The van der Waals surface area contributed by atoms with Crippen molar-refractivity contribution in [1.29, 1.82) is 0 Å². The van der Waals surface area contributed by atoms with Gasteiger partial charge in [0.05, 0.1) is 24.5 Å². The largest absolute Gasteiger partial charge is 0.464 e. The van der Waals surface area contributed by atoms with E-state index in [4.69, 9.17) is 15.2 Å². The van der Waals surface area contributed by atoms with Crippen LogP contribution in [0.15, 0.2) is 12.4 Å². The lowest BCUT2D eigenvalue weighted by atomic mass is 9.92. The highest BCUT2D eigenvalue weighted by Gasteiger charge is 2.33. The molecule has 1 amide bonds. The Morgan fingerprint density at radius 1 is 1.48 bits per heavy atom. The Bertz CT molecular complexity index is 584. The van der Waals surface area contributed by atoms with Gasteiger partial charge in [0.1, 0.15) is 0 Å². The number of rotatable bonds is 6. The number of hydrogen-bond acceptors (Lipinski definition) is 6. The van der Waals surface area contributed by atoms with Crippen LogP contribution in [0.3, 0.4) is 0 Å². The molecule has 1 aliphatic rings. The van der Waals surface area contributed by atoms with Gasteiger partial charge in [0.15, 0.2) is 5.54 Å². The molecule has 9 heteroatoms. The Hall–Kier alpha value is -1.64. The highest BCUT2D eigenvalue weighted by atomic mass is 35.5. The van der Waals surface area contributed by atoms with Gasteiger partial charge >= 0.3 is 5.97 Å². The standard InChI is InChI=1S/C16H26N4O4.ClH/c1-4-24-15(22)16(2,3)20-10-12(9-18-20)19-14(21)13(17)11-5-7-23-8-6-11;/h9-11,13H,4-8,17H2,1-3H3,(H,19,21);1H. The van der Waals surface area contributed by atoms with Crippen LogP contribution in [-0.2, 0) is 24.6 Å². The molecule has 0 aliphatic carbocycles. The molecule has 0 bridgehead atoms. The molecule has 1 fully saturated rings. The number of carbonyl (C=O) groups is 2. The summed E-state index contributed by atoms with van der Waals surface area (Å²) in [5, 5.41) is 6.92. The van der Waals surface area contributed by atoms with Crippen LogP contribution in [0.5, 0.6) is 0 Å². The summed E-state index contributed by atoms with van der Waals surface area (Å²) in [7, 11) is 0. The molecule has 1 aromatic rings. The van der Waals surface area contributed by atoms with E-state index in [2.05, 4.69) is 10.4 Å². The summed E-state index contributed by atoms with van der Waals surface area (Å²) in [5.74, 6) is -0.523. The average molecular weight is 375 g/mol. The molecule has 2 rings (SSSR count). The summed E-state index contributed by atoms with van der Waals surface area (Å²) in [5.41, 5.74) is 5.59. The lowest BCUT2D eigenvalue weighted by Crippen LogP contribution is -2.44. The smallest absolute Gasteiger partial charge is 0.333 e. The summed E-state index contributed by atoms with van der Waals surface area (Å²) < 4.78 is 11.8. The van der Waals surface area contributed by atoms with Gasteiger partial charge in [0, 0.05) is 19.4 Å². The second kappa shape index (κ2) is 9.17. The Kier molecular flexibility index (Phi) is 7.85. The maximum atomic E-state index is 12.3. The van der Waals surface area contributed by atoms with Gasteiger partial charge in [0.25, 0.3) is 0 Å². The zero-order chi connectivity index (χ0) is 17.7. The van der Waals surface area contributed by atoms with Crippen molar-refractivity contribution in [3.8, 4) is 0 Å². The molecule has 1 saturated heterocycles. The lowest BCUT2D eigenvalue weighted by Gasteiger charge is -2.26. The third kappa shape index (κ3) is 5.17. The summed E-state index contributed by atoms with van der Waals surface area (Å²) in [6.45, 7) is 6.73. The molecule has 142 valence electrons. The number of nitrogens with zero attached hydrogens (tertiary/aromatic N) is 2. The molecule has 0 spiro atoms. The number of nitrogens with two attached hydrogens (primary N) is 1. The molecule has 1 unspecified atom stereocenters. The van der Waals surface area contributed by atoms with Crippen molar-refractivity contribution in [1.82, 2.24) is 9.78 Å². The topological polar surface area (TPSA) is 108 Å². The van der Waals surface area contributed by atoms with E-state index >= 15 is 0 Å². The van der Waals surface area contributed by atoms with Gasteiger partial charge in [0.2, 0.25) is 5.91 Å². The fourth-order valence-electron chi connectivity index (χ4n) is 2.61. The van der Waals surface area contributed by atoms with Crippen LogP contribution in [0, 0.1) is 5.92 Å². The highest BCUT2D eigenvalue weighted by molar-refractivity contribution is 5.94. The van der Waals surface area contributed by atoms with E-state index in [1.165, 1.54) is 10.9 Å². The minimum atomic E-state index is -0.957. The Labute approximate surface area is 153 Å². The van der Waals surface area contributed by atoms with Crippen molar-refractivity contribution in [2.45, 2.75) is 45.2 Å². The van der Waals surface area contributed by atoms with Crippen LogP contribution in [0.2, 0.25) is 0 Å². The normalized spacial score (nSPS) is 16.6. The molecule has 0 radical (unpaired) electrons. The lowest BCUT2D eigenvalue weighted by molar-refractivity contribution is -0.152. The molecule has 25 heavy (non-hydrogen) atoms. The zero-order valence-corrected chi connectivity index (χ0v) is 15.7. The quantitative estimate of drug-likeness (QED) is 0.726. The third-order valence-corrected chi connectivity index (χ3v) is 4.27. The van der Waals surface area contributed by atoms with E-state index in [1.807, 2.05) is 0 Å². The number of anilines is 1. The van der Waals surface area contributed by atoms with Gasteiger partial charge in [-0.05, 0) is 39.5 Å². The summed E-state index contributed by atoms with van der Waals surface area (Å²) in [6, 6.07) is -0.588. The number of halogens is 1. The number of carbonyl (C=O) groups excluding carboxylic acids is 2. The second-order valence-corrected chi connectivity index (χ2v) is 6.42. The van der Waals surface area contributed by atoms with E-state index in [0.717, 1.165) is 12.8 Å². The second-order valence-electron chi connectivity index (χ2n) is 6.42. The molecule has 1 aromatic heterocycles. The number of ether oxygens (including phenoxy) is 2. The average Bonchev–Trinajstić information content (AvgIpc) is 3.04. The van der Waals surface area contributed by atoms with E-state index in [1.54, 1.807) is 27.0 Å². The van der Waals surface area contributed by atoms with Crippen molar-refractivity contribution >= 4 is 30.0 Å². The van der Waals surface area contributed by atoms with Crippen molar-refractivity contribution in [2.24, 2.45) is 11.7 Å². The van der Waals surface area contributed by atoms with Crippen LogP contribution in [0.4, 0.5) is 5.69 Å². The van der Waals surface area contributed by atoms with E-state index in [9.17, 15) is 9.59 Å². The van der Waals surface area contributed by atoms with Gasteiger partial charge in [-0.3, -0.25) is 9.48 Å². The molecule has 1 atom stereocenters. The summed E-state index contributed by atoms with van der Waals surface area (Å²) in [4.78, 5) is 24.3. The molecule has 8 nitrogen and oxygen atoms in total. The molecular formula is C16H27ClN4O4. The van der Waals surface area contributed by atoms with E-state index in [0.29, 0.717) is 25.5 Å². The first-order valence-electron chi connectivity index (χ1n) is 8.22. The monoisotopic (exact) mass is 374 g/mol. The zero-order valence-electron chi connectivity index (χ0n) is 14.9. The molecule has 0 saturated carbocycles. The van der Waals surface area contributed by atoms with Crippen molar-refractivity contribution < 1.29 is 19.1 Å². The van der Waals surface area contributed by atoms with E-state index < -0.39 is 11.6 Å². The number of nitrogens with one attached hydrogen (secondary N) is 1. The summed E-state index contributed by atoms with van der Waals surface area (Å²) >= 11 is 0. The maximum Gasteiger partial charge on any atom is 0.333 e. The number of amides is 1. The highest BCUT2D eigenvalue weighted by Crippen LogP contribution is 2.21. The molecule has 2 heterocycles. The van der Waals surface area contributed by atoms with Crippen LogP contribution < -0.4 is 11.1 Å². The minimum Gasteiger partial charge on any atom is -0.464 e. The number of hydrogen-bond donors (Lipinski definition) is 2. The number of aromatic nitrogens is 2. The fraction of sp³-hybridized carbons (Fsp3) is 0.688. The fourth-order valence-corrected chi connectivity index (χ4v) is 2.61. The van der Waals surface area contributed by atoms with Crippen LogP contribution >= 0.6 is 12.4 Å². The summed E-state index contributed by atoms with van der Waals surface area (Å²) in [6.07, 6.45) is 4.66.